The zero-order valence-corrected chi connectivity index (χ0v) is 8.57. The van der Waals surface area contributed by atoms with E-state index in [2.05, 4.69) is 12.1 Å². The fraction of sp³-hybridized carbons (Fsp3) is 0.417. The maximum Gasteiger partial charge on any atom is 0.130 e. The lowest BCUT2D eigenvalue weighted by molar-refractivity contribution is -0.117. The summed E-state index contributed by atoms with van der Waals surface area (Å²) in [4.78, 5) is 10.9. The van der Waals surface area contributed by atoms with E-state index in [1.54, 1.807) is 6.92 Å². The van der Waals surface area contributed by atoms with E-state index in [-0.39, 0.29) is 11.7 Å². The van der Waals surface area contributed by atoms with Gasteiger partial charge < -0.3 is 10.5 Å². The first-order valence-corrected chi connectivity index (χ1v) is 4.95. The van der Waals surface area contributed by atoms with Crippen molar-refractivity contribution in [1.29, 1.82) is 0 Å². The molecule has 1 aromatic rings. The van der Waals surface area contributed by atoms with E-state index in [0.29, 0.717) is 13.0 Å². The molecule has 0 saturated heterocycles. The van der Waals surface area contributed by atoms with Crippen LogP contribution in [0.4, 0.5) is 0 Å². The minimum absolute atomic E-state index is 0.219. The monoisotopic (exact) mass is 191 g/mol. The quantitative estimate of drug-likeness (QED) is 0.771. The molecule has 0 heterocycles. The van der Waals surface area contributed by atoms with E-state index in [9.17, 15) is 4.79 Å². The van der Waals surface area contributed by atoms with E-state index in [4.69, 9.17) is 5.73 Å². The molecule has 1 atom stereocenters. The van der Waals surface area contributed by atoms with Crippen molar-refractivity contribution in [2.45, 2.75) is 19.8 Å². The third-order valence-corrected chi connectivity index (χ3v) is 2.28. The van der Waals surface area contributed by atoms with Crippen LogP contribution >= 0.6 is 0 Å². The lowest BCUT2D eigenvalue weighted by atomic mass is 9.95. The summed E-state index contributed by atoms with van der Waals surface area (Å²) in [7, 11) is 0. The summed E-state index contributed by atoms with van der Waals surface area (Å²) < 4.78 is 0. The molecule has 2 nitrogen and oxygen atoms in total. The van der Waals surface area contributed by atoms with Crippen LogP contribution in [-0.4, -0.2) is 12.3 Å². The molecular weight excluding hydrogens is 174 g/mol. The van der Waals surface area contributed by atoms with Crippen molar-refractivity contribution in [3.05, 3.63) is 35.9 Å². The Labute approximate surface area is 85.1 Å². The van der Waals surface area contributed by atoms with Crippen LogP contribution in [0.2, 0.25) is 0 Å². The van der Waals surface area contributed by atoms with E-state index in [0.717, 1.165) is 6.42 Å². The number of carbonyl (C=O) groups excluding carboxylic acids is 1. The molecule has 2 N–H and O–H groups in total. The zero-order valence-electron chi connectivity index (χ0n) is 8.57. The number of hydrogen-bond acceptors (Lipinski definition) is 2. The average Bonchev–Trinajstić information content (AvgIpc) is 2.17. The van der Waals surface area contributed by atoms with Crippen molar-refractivity contribution in [3.8, 4) is 0 Å². The van der Waals surface area contributed by atoms with Gasteiger partial charge in [-0.15, -0.1) is 0 Å². The third kappa shape index (κ3) is 3.71. The summed E-state index contributed by atoms with van der Waals surface area (Å²) in [5, 5.41) is 0. The minimum atomic E-state index is 0.219. The standard InChI is InChI=1S/C12H17NO/c1-10(14)7-12(9-13)8-11-5-3-2-4-6-11/h2-6,12H,7-9,13H2,1H3/t12-/m0/s1. The van der Waals surface area contributed by atoms with E-state index < -0.39 is 0 Å². The third-order valence-electron chi connectivity index (χ3n) is 2.28. The molecule has 0 fully saturated rings. The molecule has 0 aliphatic heterocycles. The molecule has 0 bridgehead atoms. The van der Waals surface area contributed by atoms with Crippen LogP contribution in [0, 0.1) is 5.92 Å². The van der Waals surface area contributed by atoms with Gasteiger partial charge in [-0.2, -0.15) is 0 Å². The summed E-state index contributed by atoms with van der Waals surface area (Å²) in [6, 6.07) is 10.2. The molecule has 0 radical (unpaired) electrons. The van der Waals surface area contributed by atoms with Gasteiger partial charge in [0.15, 0.2) is 0 Å². The van der Waals surface area contributed by atoms with Crippen molar-refractivity contribution in [1.82, 2.24) is 0 Å². The summed E-state index contributed by atoms with van der Waals surface area (Å²) >= 11 is 0. The van der Waals surface area contributed by atoms with Crippen molar-refractivity contribution in [2.75, 3.05) is 6.54 Å². The van der Waals surface area contributed by atoms with Gasteiger partial charge in [0.1, 0.15) is 5.78 Å². The predicted molar refractivity (Wildman–Crippen MR) is 58.0 cm³/mol. The highest BCUT2D eigenvalue weighted by molar-refractivity contribution is 5.75. The highest BCUT2D eigenvalue weighted by Crippen LogP contribution is 2.11. The van der Waals surface area contributed by atoms with Gasteiger partial charge in [-0.3, -0.25) is 0 Å². The highest BCUT2D eigenvalue weighted by atomic mass is 16.1. The lowest BCUT2D eigenvalue weighted by Gasteiger charge is -2.12. The molecule has 0 aromatic heterocycles. The first-order valence-electron chi connectivity index (χ1n) is 4.95. The molecule has 0 saturated carbocycles. The molecule has 0 spiro atoms. The van der Waals surface area contributed by atoms with Crippen molar-refractivity contribution < 1.29 is 4.79 Å². The molecule has 1 rings (SSSR count). The Kier molecular flexibility index (Phi) is 4.33. The fourth-order valence-electron chi connectivity index (χ4n) is 1.59. The first-order chi connectivity index (χ1) is 6.72. The van der Waals surface area contributed by atoms with Crippen LogP contribution in [0.25, 0.3) is 0 Å². The van der Waals surface area contributed by atoms with Crippen LogP contribution in [0.5, 0.6) is 0 Å². The van der Waals surface area contributed by atoms with Gasteiger partial charge in [-0.1, -0.05) is 30.3 Å². The first kappa shape index (κ1) is 10.9. The highest BCUT2D eigenvalue weighted by Gasteiger charge is 2.09. The molecule has 76 valence electrons. The van der Waals surface area contributed by atoms with Crippen molar-refractivity contribution in [3.63, 3.8) is 0 Å². The topological polar surface area (TPSA) is 43.1 Å². The molecule has 1 aromatic carbocycles. The number of hydrogen-bond donors (Lipinski definition) is 1. The molecule has 0 amide bonds. The van der Waals surface area contributed by atoms with Crippen LogP contribution in [0.1, 0.15) is 18.9 Å². The largest absolute Gasteiger partial charge is 0.330 e. The smallest absolute Gasteiger partial charge is 0.130 e. The summed E-state index contributed by atoms with van der Waals surface area (Å²) in [5.74, 6) is 0.506. The second-order valence-corrected chi connectivity index (χ2v) is 3.70. The number of rotatable bonds is 5. The Hall–Kier alpha value is -1.15. The molecule has 0 unspecified atom stereocenters. The number of nitrogens with two attached hydrogens (primary N) is 1. The van der Waals surface area contributed by atoms with Crippen molar-refractivity contribution >= 4 is 5.78 Å². The maximum absolute atomic E-state index is 10.9. The summed E-state index contributed by atoms with van der Waals surface area (Å²) in [5.41, 5.74) is 6.87. The second-order valence-electron chi connectivity index (χ2n) is 3.70. The average molecular weight is 191 g/mol. The number of carbonyl (C=O) groups is 1. The lowest BCUT2D eigenvalue weighted by Crippen LogP contribution is -2.19. The molecule has 2 heteroatoms. The maximum atomic E-state index is 10.9. The number of Topliss-reactive ketones (excluding diaryl/α,β-unsaturated/α-hetero) is 1. The van der Waals surface area contributed by atoms with E-state index in [1.807, 2.05) is 18.2 Å². The van der Waals surface area contributed by atoms with E-state index in [1.165, 1.54) is 5.56 Å². The minimum Gasteiger partial charge on any atom is -0.330 e. The van der Waals surface area contributed by atoms with Crippen LogP contribution in [-0.2, 0) is 11.2 Å². The van der Waals surface area contributed by atoms with Gasteiger partial charge in [0.2, 0.25) is 0 Å². The summed E-state index contributed by atoms with van der Waals surface area (Å²) in [6.07, 6.45) is 1.49. The number of ketones is 1. The summed E-state index contributed by atoms with van der Waals surface area (Å²) in [6.45, 7) is 2.20. The molecule has 14 heavy (non-hydrogen) atoms. The van der Waals surface area contributed by atoms with Gasteiger partial charge in [-0.05, 0) is 31.4 Å². The van der Waals surface area contributed by atoms with Crippen molar-refractivity contribution in [2.24, 2.45) is 11.7 Å². The van der Waals surface area contributed by atoms with Crippen LogP contribution in [0.15, 0.2) is 30.3 Å². The van der Waals surface area contributed by atoms with E-state index >= 15 is 0 Å². The fourth-order valence-corrected chi connectivity index (χ4v) is 1.59. The molecular formula is C12H17NO. The van der Waals surface area contributed by atoms with Gasteiger partial charge >= 0.3 is 0 Å². The van der Waals surface area contributed by atoms with Gasteiger partial charge in [0.05, 0.1) is 0 Å². The van der Waals surface area contributed by atoms with Gasteiger partial charge in [0, 0.05) is 6.42 Å². The Bertz CT molecular complexity index is 282. The van der Waals surface area contributed by atoms with Crippen LogP contribution < -0.4 is 5.73 Å². The Morgan fingerprint density at radius 2 is 2.00 bits per heavy atom. The Morgan fingerprint density at radius 3 is 2.50 bits per heavy atom. The molecule has 0 aliphatic rings. The predicted octanol–water partition coefficient (Wildman–Crippen LogP) is 1.78. The van der Waals surface area contributed by atoms with Gasteiger partial charge in [0.25, 0.3) is 0 Å². The zero-order chi connectivity index (χ0) is 10.4. The Balaban J connectivity index is 2.53. The number of benzene rings is 1. The SMILES string of the molecule is CC(=O)C[C@H](CN)Cc1ccccc1. The normalized spacial score (nSPS) is 12.4. The molecule has 0 aliphatic carbocycles. The van der Waals surface area contributed by atoms with Crippen LogP contribution in [0.3, 0.4) is 0 Å². The van der Waals surface area contributed by atoms with Gasteiger partial charge in [-0.25, -0.2) is 0 Å². The second kappa shape index (κ2) is 5.55. The Morgan fingerprint density at radius 1 is 1.36 bits per heavy atom.